The van der Waals surface area contributed by atoms with Gasteiger partial charge < -0.3 is 16.0 Å². The van der Waals surface area contributed by atoms with E-state index in [9.17, 15) is 9.59 Å². The Bertz CT molecular complexity index is 490. The maximum Gasteiger partial charge on any atom is 0.268 e. The van der Waals surface area contributed by atoms with Crippen LogP contribution in [0.1, 0.15) is 65.7 Å². The van der Waals surface area contributed by atoms with Crippen LogP contribution < -0.4 is 11.1 Å². The van der Waals surface area contributed by atoms with E-state index in [-0.39, 0.29) is 17.7 Å². The highest BCUT2D eigenvalue weighted by Gasteiger charge is 2.21. The van der Waals surface area contributed by atoms with E-state index in [1.165, 1.54) is 6.92 Å². The lowest BCUT2D eigenvalue weighted by molar-refractivity contribution is 0.0947. The topological polar surface area (TPSA) is 88.0 Å². The predicted octanol–water partition coefficient (Wildman–Crippen LogP) is 1.95. The number of nitrogens with two attached hydrogens (primary N) is 1. The van der Waals surface area contributed by atoms with Gasteiger partial charge in [-0.1, -0.05) is 13.3 Å². The van der Waals surface area contributed by atoms with Crippen LogP contribution in [0.15, 0.2) is 0 Å². The van der Waals surface area contributed by atoms with Gasteiger partial charge in [0.1, 0.15) is 5.69 Å². The molecule has 0 fully saturated rings. The molecule has 1 aromatic rings. The summed E-state index contributed by atoms with van der Waals surface area (Å²) in [6.45, 7) is 7.84. The molecule has 5 nitrogen and oxygen atoms in total. The van der Waals surface area contributed by atoms with Crippen LogP contribution in [0.3, 0.4) is 0 Å². The van der Waals surface area contributed by atoms with Crippen molar-refractivity contribution in [1.82, 2.24) is 10.3 Å². The van der Waals surface area contributed by atoms with Gasteiger partial charge in [0.15, 0.2) is 5.78 Å². The third kappa shape index (κ3) is 3.93. The normalized spacial score (nSPS) is 12.2. The Hall–Kier alpha value is -1.62. The Morgan fingerprint density at radius 1 is 1.40 bits per heavy atom. The SMILES string of the molecule is CCCc1c(C(=O)NCCC(C)N)[nH]c(C)c1C(C)=O. The molecule has 0 aromatic carbocycles. The average Bonchev–Trinajstić information content (AvgIpc) is 2.66. The number of aromatic nitrogens is 1. The zero-order valence-electron chi connectivity index (χ0n) is 12.8. The molecule has 1 amide bonds. The van der Waals surface area contributed by atoms with Gasteiger partial charge in [0.05, 0.1) is 0 Å². The van der Waals surface area contributed by atoms with Crippen LogP contribution in [0.4, 0.5) is 0 Å². The van der Waals surface area contributed by atoms with Crippen LogP contribution in [0.25, 0.3) is 0 Å². The van der Waals surface area contributed by atoms with Gasteiger partial charge in [-0.3, -0.25) is 9.59 Å². The van der Waals surface area contributed by atoms with E-state index in [1.807, 2.05) is 20.8 Å². The molecule has 0 aliphatic rings. The maximum absolute atomic E-state index is 12.2. The summed E-state index contributed by atoms with van der Waals surface area (Å²) in [5.74, 6) is -0.165. The first kappa shape index (κ1) is 16.4. The van der Waals surface area contributed by atoms with Crippen molar-refractivity contribution in [3.8, 4) is 0 Å². The first-order chi connectivity index (χ1) is 9.38. The number of carbonyl (C=O) groups is 2. The fourth-order valence-corrected chi connectivity index (χ4v) is 2.35. The number of Topliss-reactive ketones (excluding diaryl/α,β-unsaturated/α-hetero) is 1. The Balaban J connectivity index is 2.96. The second-order valence-corrected chi connectivity index (χ2v) is 5.31. The fourth-order valence-electron chi connectivity index (χ4n) is 2.35. The van der Waals surface area contributed by atoms with Crippen molar-refractivity contribution in [3.05, 3.63) is 22.5 Å². The Labute approximate surface area is 120 Å². The summed E-state index contributed by atoms with van der Waals surface area (Å²) in [5.41, 5.74) is 8.42. The highest BCUT2D eigenvalue weighted by molar-refractivity contribution is 6.02. The molecule has 5 heteroatoms. The summed E-state index contributed by atoms with van der Waals surface area (Å²) in [6, 6.07) is 0.0589. The van der Waals surface area contributed by atoms with Crippen molar-refractivity contribution >= 4 is 11.7 Å². The minimum absolute atomic E-state index is 0.00293. The van der Waals surface area contributed by atoms with E-state index in [0.29, 0.717) is 17.8 Å². The van der Waals surface area contributed by atoms with Crippen LogP contribution in [0.2, 0.25) is 0 Å². The number of aryl methyl sites for hydroxylation is 1. The molecule has 0 aliphatic carbocycles. The largest absolute Gasteiger partial charge is 0.354 e. The summed E-state index contributed by atoms with van der Waals surface area (Å²) in [5, 5.41) is 2.85. The first-order valence-electron chi connectivity index (χ1n) is 7.14. The van der Waals surface area contributed by atoms with Gasteiger partial charge in [0.25, 0.3) is 5.91 Å². The minimum Gasteiger partial charge on any atom is -0.354 e. The molecule has 0 bridgehead atoms. The number of carbonyl (C=O) groups excluding carboxylic acids is 2. The summed E-state index contributed by atoms with van der Waals surface area (Å²) in [7, 11) is 0. The Morgan fingerprint density at radius 3 is 2.55 bits per heavy atom. The Kier molecular flexibility index (Phi) is 5.95. The van der Waals surface area contributed by atoms with Crippen LogP contribution in [0, 0.1) is 6.92 Å². The van der Waals surface area contributed by atoms with Crippen molar-refractivity contribution in [2.45, 2.75) is 53.0 Å². The molecule has 1 atom stereocenters. The number of hydrogen-bond acceptors (Lipinski definition) is 3. The molecule has 0 saturated heterocycles. The second kappa shape index (κ2) is 7.24. The molecule has 0 radical (unpaired) electrons. The molecule has 112 valence electrons. The number of ketones is 1. The van der Waals surface area contributed by atoms with E-state index in [1.54, 1.807) is 0 Å². The number of hydrogen-bond donors (Lipinski definition) is 3. The number of aromatic amines is 1. The van der Waals surface area contributed by atoms with Crippen LogP contribution in [-0.4, -0.2) is 29.3 Å². The van der Waals surface area contributed by atoms with Crippen LogP contribution in [-0.2, 0) is 6.42 Å². The van der Waals surface area contributed by atoms with Crippen molar-refractivity contribution in [1.29, 1.82) is 0 Å². The van der Waals surface area contributed by atoms with E-state index in [2.05, 4.69) is 10.3 Å². The third-order valence-corrected chi connectivity index (χ3v) is 3.26. The van der Waals surface area contributed by atoms with Gasteiger partial charge >= 0.3 is 0 Å². The quantitative estimate of drug-likeness (QED) is 0.666. The second-order valence-electron chi connectivity index (χ2n) is 5.31. The van der Waals surface area contributed by atoms with E-state index in [4.69, 9.17) is 5.73 Å². The van der Waals surface area contributed by atoms with Crippen molar-refractivity contribution in [2.75, 3.05) is 6.54 Å². The zero-order chi connectivity index (χ0) is 15.3. The zero-order valence-corrected chi connectivity index (χ0v) is 12.8. The smallest absolute Gasteiger partial charge is 0.268 e. The molecule has 1 heterocycles. The predicted molar refractivity (Wildman–Crippen MR) is 80.1 cm³/mol. The van der Waals surface area contributed by atoms with E-state index in [0.717, 1.165) is 30.5 Å². The third-order valence-electron chi connectivity index (χ3n) is 3.26. The summed E-state index contributed by atoms with van der Waals surface area (Å²) >= 11 is 0. The summed E-state index contributed by atoms with van der Waals surface area (Å²) in [6.07, 6.45) is 2.33. The molecule has 0 spiro atoms. The first-order valence-corrected chi connectivity index (χ1v) is 7.14. The average molecular weight is 279 g/mol. The molecule has 0 aliphatic heterocycles. The lowest BCUT2D eigenvalue weighted by atomic mass is 10.0. The van der Waals surface area contributed by atoms with Crippen molar-refractivity contribution < 1.29 is 9.59 Å². The van der Waals surface area contributed by atoms with Gasteiger partial charge in [-0.15, -0.1) is 0 Å². The highest BCUT2D eigenvalue weighted by Crippen LogP contribution is 2.21. The lowest BCUT2D eigenvalue weighted by Crippen LogP contribution is -2.29. The lowest BCUT2D eigenvalue weighted by Gasteiger charge is -2.08. The van der Waals surface area contributed by atoms with Gasteiger partial charge in [0, 0.05) is 23.8 Å². The summed E-state index contributed by atoms with van der Waals surface area (Å²) in [4.78, 5) is 27.0. The summed E-state index contributed by atoms with van der Waals surface area (Å²) < 4.78 is 0. The van der Waals surface area contributed by atoms with E-state index < -0.39 is 0 Å². The molecule has 4 N–H and O–H groups in total. The minimum atomic E-state index is -0.162. The number of rotatable bonds is 7. The highest BCUT2D eigenvalue weighted by atomic mass is 16.2. The van der Waals surface area contributed by atoms with Gasteiger partial charge in [0.2, 0.25) is 0 Å². The number of nitrogens with one attached hydrogen (secondary N) is 2. The van der Waals surface area contributed by atoms with Crippen molar-refractivity contribution in [3.63, 3.8) is 0 Å². The van der Waals surface area contributed by atoms with E-state index >= 15 is 0 Å². The fraction of sp³-hybridized carbons (Fsp3) is 0.600. The molecule has 1 unspecified atom stereocenters. The van der Waals surface area contributed by atoms with Crippen LogP contribution in [0.5, 0.6) is 0 Å². The maximum atomic E-state index is 12.2. The number of amides is 1. The molecule has 0 saturated carbocycles. The Morgan fingerprint density at radius 2 is 2.05 bits per heavy atom. The van der Waals surface area contributed by atoms with Gasteiger partial charge in [-0.25, -0.2) is 0 Å². The number of H-pyrrole nitrogens is 1. The van der Waals surface area contributed by atoms with Gasteiger partial charge in [-0.2, -0.15) is 0 Å². The standard InChI is InChI=1S/C15H25N3O2/c1-5-6-12-13(11(4)19)10(3)18-14(12)15(20)17-8-7-9(2)16/h9,18H,5-8,16H2,1-4H3,(H,17,20). The monoisotopic (exact) mass is 279 g/mol. The molecule has 20 heavy (non-hydrogen) atoms. The molecular formula is C15H25N3O2. The molecule has 1 rings (SSSR count). The van der Waals surface area contributed by atoms with Crippen LogP contribution >= 0.6 is 0 Å². The van der Waals surface area contributed by atoms with Crippen molar-refractivity contribution in [2.24, 2.45) is 5.73 Å². The molecule has 1 aromatic heterocycles. The molecular weight excluding hydrogens is 254 g/mol. The van der Waals surface area contributed by atoms with Gasteiger partial charge in [-0.05, 0) is 39.2 Å².